The molecule has 0 N–H and O–H groups in total. The van der Waals surface area contributed by atoms with Gasteiger partial charge in [0.25, 0.3) is 0 Å². The van der Waals surface area contributed by atoms with Gasteiger partial charge in [-0.15, -0.1) is 11.3 Å². The molecule has 0 radical (unpaired) electrons. The summed E-state index contributed by atoms with van der Waals surface area (Å²) in [6.45, 7) is 0. The van der Waals surface area contributed by atoms with Gasteiger partial charge in [0.05, 0.1) is 0 Å². The van der Waals surface area contributed by atoms with E-state index in [1.54, 1.807) is 0 Å². The summed E-state index contributed by atoms with van der Waals surface area (Å²) >= 11 is 3.70. The number of hydrogen-bond donors (Lipinski definition) is 0. The molecule has 0 aliphatic rings. The van der Waals surface area contributed by atoms with Gasteiger partial charge in [0.15, 0.2) is 0 Å². The van der Waals surface area contributed by atoms with E-state index in [1.165, 1.54) is 4.88 Å². The Kier molecular flexibility index (Phi) is 2.43. The van der Waals surface area contributed by atoms with Crippen LogP contribution in [0.25, 0.3) is 0 Å². The number of thiophene rings is 1. The van der Waals surface area contributed by atoms with Gasteiger partial charge in [-0.3, -0.25) is 0 Å². The Balaban J connectivity index is 2.50. The van der Waals surface area contributed by atoms with Crippen molar-refractivity contribution in [3.05, 3.63) is 22.4 Å². The Hall–Kier alpha value is 0.0500. The van der Waals surface area contributed by atoms with E-state index in [2.05, 4.69) is 23.8 Å². The monoisotopic (exact) mass is 144 g/mol. The van der Waals surface area contributed by atoms with Gasteiger partial charge in [0, 0.05) is 10.6 Å². The molecule has 1 rings (SSSR count). The molecular formula is C6H8S2. The highest BCUT2D eigenvalue weighted by atomic mass is 32.2. The molecule has 0 nitrogen and oxygen atoms in total. The van der Waals surface area contributed by atoms with Crippen LogP contribution in [0.5, 0.6) is 0 Å². The van der Waals surface area contributed by atoms with Gasteiger partial charge in [-0.2, -0.15) is 11.8 Å². The minimum Gasteiger partial charge on any atom is -0.160 e. The van der Waals surface area contributed by atoms with Crippen molar-refractivity contribution < 1.29 is 0 Å². The maximum Gasteiger partial charge on any atom is 0.0276 e. The highest BCUT2D eigenvalue weighted by Crippen LogP contribution is 2.13. The lowest BCUT2D eigenvalue weighted by Gasteiger charge is -1.86. The van der Waals surface area contributed by atoms with Crippen molar-refractivity contribution in [3.8, 4) is 0 Å². The van der Waals surface area contributed by atoms with Gasteiger partial charge in [-0.05, 0) is 17.7 Å². The molecule has 0 saturated carbocycles. The molecule has 2 heteroatoms. The van der Waals surface area contributed by atoms with Crippen molar-refractivity contribution in [1.29, 1.82) is 0 Å². The van der Waals surface area contributed by atoms with Crippen LogP contribution in [0.4, 0.5) is 0 Å². The quantitative estimate of drug-likeness (QED) is 0.615. The van der Waals surface area contributed by atoms with Gasteiger partial charge in [-0.25, -0.2) is 0 Å². The van der Waals surface area contributed by atoms with Crippen molar-refractivity contribution in [2.75, 3.05) is 6.26 Å². The van der Waals surface area contributed by atoms with Crippen molar-refractivity contribution in [1.82, 2.24) is 0 Å². The predicted octanol–water partition coefficient (Wildman–Crippen LogP) is 2.61. The molecule has 0 amide bonds. The van der Waals surface area contributed by atoms with E-state index in [0.29, 0.717) is 0 Å². The summed E-state index contributed by atoms with van der Waals surface area (Å²) in [6.07, 6.45) is 2.12. The smallest absolute Gasteiger partial charge is 0.0276 e. The Morgan fingerprint density at radius 2 is 2.62 bits per heavy atom. The Morgan fingerprint density at radius 3 is 3.12 bits per heavy atom. The van der Waals surface area contributed by atoms with Crippen molar-refractivity contribution in [3.63, 3.8) is 0 Å². The predicted molar refractivity (Wildman–Crippen MR) is 41.5 cm³/mol. The minimum atomic E-state index is 1.16. The number of rotatable bonds is 2. The van der Waals surface area contributed by atoms with E-state index in [4.69, 9.17) is 0 Å². The summed E-state index contributed by atoms with van der Waals surface area (Å²) in [5.74, 6) is 1.16. The zero-order valence-electron chi connectivity index (χ0n) is 4.76. The molecule has 0 fully saturated rings. The van der Waals surface area contributed by atoms with E-state index in [-0.39, 0.29) is 0 Å². The third-order valence-electron chi connectivity index (χ3n) is 0.867. The first kappa shape index (κ1) is 6.17. The molecule has 8 heavy (non-hydrogen) atoms. The number of thioether (sulfide) groups is 1. The van der Waals surface area contributed by atoms with Crippen molar-refractivity contribution >= 4 is 23.1 Å². The zero-order valence-corrected chi connectivity index (χ0v) is 6.39. The first-order chi connectivity index (χ1) is 3.93. The average Bonchev–Trinajstić information content (AvgIpc) is 2.19. The summed E-state index contributed by atoms with van der Waals surface area (Å²) in [6, 6.07) is 4.26. The fraction of sp³-hybridized carbons (Fsp3) is 0.333. The summed E-state index contributed by atoms with van der Waals surface area (Å²) in [4.78, 5) is 1.47. The fourth-order valence-corrected chi connectivity index (χ4v) is 2.03. The second-order valence-corrected chi connectivity index (χ2v) is 3.41. The molecule has 0 aliphatic heterocycles. The van der Waals surface area contributed by atoms with Crippen LogP contribution in [0, 0.1) is 0 Å². The molecular weight excluding hydrogens is 136 g/mol. The molecule has 44 valence electrons. The molecule has 1 aromatic rings. The van der Waals surface area contributed by atoms with Gasteiger partial charge in [-0.1, -0.05) is 6.07 Å². The molecule has 1 heterocycles. The van der Waals surface area contributed by atoms with E-state index in [9.17, 15) is 0 Å². The summed E-state index contributed by atoms with van der Waals surface area (Å²) in [7, 11) is 0. The zero-order chi connectivity index (χ0) is 5.82. The third kappa shape index (κ3) is 1.53. The van der Waals surface area contributed by atoms with Crippen LogP contribution in [0.1, 0.15) is 4.88 Å². The molecule has 0 aliphatic carbocycles. The van der Waals surface area contributed by atoms with Crippen molar-refractivity contribution in [2.24, 2.45) is 0 Å². The normalized spacial score (nSPS) is 9.62. The molecule has 0 bridgehead atoms. The summed E-state index contributed by atoms with van der Waals surface area (Å²) in [5, 5.41) is 2.12. The molecule has 1 aromatic heterocycles. The van der Waals surface area contributed by atoms with E-state index in [0.717, 1.165) is 5.75 Å². The average molecular weight is 144 g/mol. The third-order valence-corrected chi connectivity index (χ3v) is 2.53. The summed E-state index contributed by atoms with van der Waals surface area (Å²) < 4.78 is 0. The lowest BCUT2D eigenvalue weighted by molar-refractivity contribution is 1.56. The fourth-order valence-electron chi connectivity index (χ4n) is 0.537. The summed E-state index contributed by atoms with van der Waals surface area (Å²) in [5.41, 5.74) is 0. The largest absolute Gasteiger partial charge is 0.160 e. The van der Waals surface area contributed by atoms with Crippen LogP contribution in [0.3, 0.4) is 0 Å². The van der Waals surface area contributed by atoms with Gasteiger partial charge in [0.1, 0.15) is 0 Å². The van der Waals surface area contributed by atoms with E-state index >= 15 is 0 Å². The lowest BCUT2D eigenvalue weighted by Crippen LogP contribution is -1.65. The van der Waals surface area contributed by atoms with Crippen LogP contribution in [-0.4, -0.2) is 6.26 Å². The highest BCUT2D eigenvalue weighted by molar-refractivity contribution is 7.97. The highest BCUT2D eigenvalue weighted by Gasteiger charge is 1.87. The van der Waals surface area contributed by atoms with Crippen LogP contribution in [-0.2, 0) is 5.75 Å². The van der Waals surface area contributed by atoms with Gasteiger partial charge >= 0.3 is 0 Å². The molecule has 0 unspecified atom stereocenters. The van der Waals surface area contributed by atoms with E-state index in [1.807, 2.05) is 23.1 Å². The molecule has 0 saturated heterocycles. The second-order valence-electron chi connectivity index (χ2n) is 1.51. The lowest BCUT2D eigenvalue weighted by atomic mass is 10.5. The van der Waals surface area contributed by atoms with Crippen LogP contribution in [0.2, 0.25) is 0 Å². The SMILES string of the molecule is CSCc1cccs1. The Labute approximate surface area is 57.9 Å². The molecule has 0 aromatic carbocycles. The number of hydrogen-bond acceptors (Lipinski definition) is 2. The van der Waals surface area contributed by atoms with Gasteiger partial charge in [0.2, 0.25) is 0 Å². The maximum absolute atomic E-state index is 2.17. The minimum absolute atomic E-state index is 1.16. The Morgan fingerprint density at radius 1 is 1.75 bits per heavy atom. The van der Waals surface area contributed by atoms with Crippen LogP contribution >= 0.6 is 23.1 Å². The van der Waals surface area contributed by atoms with E-state index < -0.39 is 0 Å². The van der Waals surface area contributed by atoms with Crippen LogP contribution < -0.4 is 0 Å². The Bertz CT molecular complexity index is 132. The molecule has 0 spiro atoms. The molecule has 0 atom stereocenters. The first-order valence-corrected chi connectivity index (χ1v) is 4.72. The van der Waals surface area contributed by atoms with Crippen LogP contribution in [0.15, 0.2) is 17.5 Å². The van der Waals surface area contributed by atoms with Crippen molar-refractivity contribution in [2.45, 2.75) is 5.75 Å². The second kappa shape index (κ2) is 3.15. The topological polar surface area (TPSA) is 0 Å². The standard InChI is InChI=1S/C6H8S2/c1-7-5-6-3-2-4-8-6/h2-4H,5H2,1H3. The van der Waals surface area contributed by atoms with Gasteiger partial charge < -0.3 is 0 Å². The first-order valence-electron chi connectivity index (χ1n) is 2.45. The maximum atomic E-state index is 2.17.